The summed E-state index contributed by atoms with van der Waals surface area (Å²) in [7, 11) is 2.07. The molecule has 0 fully saturated rings. The zero-order valence-corrected chi connectivity index (χ0v) is 6.02. The monoisotopic (exact) mass is 116 g/mol. The van der Waals surface area contributed by atoms with Gasteiger partial charge in [0.1, 0.15) is 0 Å². The molecule has 0 amide bonds. The molecule has 0 rings (SSSR count). The van der Waals surface area contributed by atoms with Crippen molar-refractivity contribution in [2.24, 2.45) is 5.73 Å². The molecule has 0 spiro atoms. The van der Waals surface area contributed by atoms with Crippen LogP contribution in [-0.4, -0.2) is 31.1 Å². The van der Waals surface area contributed by atoms with Crippen LogP contribution in [0, 0.1) is 0 Å². The summed E-state index contributed by atoms with van der Waals surface area (Å²) in [5.41, 5.74) is 5.53. The Kier molecular flexibility index (Phi) is 3.83. The number of nitrogens with two attached hydrogens (primary N) is 1. The third-order valence-electron chi connectivity index (χ3n) is 1.14. The Hall–Kier alpha value is -0.0800. The van der Waals surface area contributed by atoms with Crippen molar-refractivity contribution >= 4 is 0 Å². The molecule has 0 radical (unpaired) electrons. The van der Waals surface area contributed by atoms with Crippen molar-refractivity contribution in [2.75, 3.05) is 20.1 Å². The summed E-state index contributed by atoms with van der Waals surface area (Å²) >= 11 is 0. The summed E-state index contributed by atoms with van der Waals surface area (Å²) in [6.07, 6.45) is 0. The van der Waals surface area contributed by atoms with Crippen LogP contribution < -0.4 is 5.73 Å². The number of likely N-dealkylation sites (N-methyl/N-ethyl adjacent to an activating group) is 1. The van der Waals surface area contributed by atoms with Gasteiger partial charge in [0.2, 0.25) is 0 Å². The Balaban J connectivity index is 3.10. The second-order valence-electron chi connectivity index (χ2n) is 2.33. The third-order valence-corrected chi connectivity index (χ3v) is 1.14. The van der Waals surface area contributed by atoms with Crippen LogP contribution in [0.5, 0.6) is 0 Å². The van der Waals surface area contributed by atoms with Crippen molar-refractivity contribution in [1.82, 2.24) is 4.90 Å². The van der Waals surface area contributed by atoms with Gasteiger partial charge in [-0.05, 0) is 20.5 Å². The molecule has 0 aromatic carbocycles. The number of rotatable bonds is 3. The second kappa shape index (κ2) is 3.87. The molecule has 0 aliphatic heterocycles. The van der Waals surface area contributed by atoms with Gasteiger partial charge in [0, 0.05) is 12.6 Å². The van der Waals surface area contributed by atoms with Crippen LogP contribution in [-0.2, 0) is 0 Å². The molecule has 2 N–H and O–H groups in total. The van der Waals surface area contributed by atoms with Crippen LogP contribution in [0.15, 0.2) is 0 Å². The maximum atomic E-state index is 5.53. The first-order chi connectivity index (χ1) is 3.66. The Morgan fingerprint density at radius 1 is 1.62 bits per heavy atom. The topological polar surface area (TPSA) is 29.3 Å². The molecule has 0 bridgehead atoms. The Morgan fingerprint density at radius 3 is 2.25 bits per heavy atom. The van der Waals surface area contributed by atoms with Crippen molar-refractivity contribution in [3.63, 3.8) is 0 Å². The molecular formula is C6H16N2. The molecule has 50 valence electrons. The van der Waals surface area contributed by atoms with E-state index >= 15 is 0 Å². The molecule has 0 aromatic heterocycles. The lowest BCUT2D eigenvalue weighted by molar-refractivity contribution is 0.334. The van der Waals surface area contributed by atoms with Gasteiger partial charge in [0.25, 0.3) is 0 Å². The highest BCUT2D eigenvalue weighted by Crippen LogP contribution is 1.82. The first-order valence-corrected chi connectivity index (χ1v) is 3.11. The molecule has 0 unspecified atom stereocenters. The summed E-state index contributed by atoms with van der Waals surface area (Å²) in [6, 6.07) is 0.306. The number of nitrogens with zero attached hydrogens (tertiary/aromatic N) is 1. The first kappa shape index (κ1) is 7.92. The highest BCUT2D eigenvalue weighted by atomic mass is 15.1. The maximum absolute atomic E-state index is 5.53. The van der Waals surface area contributed by atoms with E-state index in [1.54, 1.807) is 0 Å². The highest BCUT2D eigenvalue weighted by Gasteiger charge is 1.96. The lowest BCUT2D eigenvalue weighted by Gasteiger charge is -2.15. The van der Waals surface area contributed by atoms with Gasteiger partial charge in [-0.1, -0.05) is 6.92 Å². The van der Waals surface area contributed by atoms with E-state index in [1.165, 1.54) is 0 Å². The molecular weight excluding hydrogens is 100 g/mol. The molecule has 0 aliphatic rings. The van der Waals surface area contributed by atoms with Gasteiger partial charge in [-0.25, -0.2) is 0 Å². The van der Waals surface area contributed by atoms with E-state index in [1.807, 2.05) is 6.92 Å². The van der Waals surface area contributed by atoms with Gasteiger partial charge < -0.3 is 10.6 Å². The zero-order valence-electron chi connectivity index (χ0n) is 6.02. The molecule has 1 atom stereocenters. The molecule has 0 saturated heterocycles. The van der Waals surface area contributed by atoms with Crippen LogP contribution in [0.4, 0.5) is 0 Å². The normalized spacial score (nSPS) is 14.6. The summed E-state index contributed by atoms with van der Waals surface area (Å²) in [4.78, 5) is 2.20. The van der Waals surface area contributed by atoms with Gasteiger partial charge in [0.05, 0.1) is 0 Å². The SMILES string of the molecule is CCN(C)C[C@H](C)N. The molecule has 0 aromatic rings. The maximum Gasteiger partial charge on any atom is 0.0139 e. The molecule has 0 aliphatic carbocycles. The van der Waals surface area contributed by atoms with E-state index in [-0.39, 0.29) is 0 Å². The van der Waals surface area contributed by atoms with E-state index < -0.39 is 0 Å². The summed E-state index contributed by atoms with van der Waals surface area (Å²) in [5, 5.41) is 0. The number of hydrogen-bond donors (Lipinski definition) is 1. The highest BCUT2D eigenvalue weighted by molar-refractivity contribution is 4.56. The molecule has 8 heavy (non-hydrogen) atoms. The largest absolute Gasteiger partial charge is 0.327 e. The third kappa shape index (κ3) is 4.09. The van der Waals surface area contributed by atoms with Gasteiger partial charge in [-0.2, -0.15) is 0 Å². The molecule has 2 nitrogen and oxygen atoms in total. The lowest BCUT2D eigenvalue weighted by Crippen LogP contribution is -2.32. The summed E-state index contributed by atoms with van der Waals surface area (Å²) < 4.78 is 0. The minimum atomic E-state index is 0.306. The fourth-order valence-electron chi connectivity index (χ4n) is 0.621. The van der Waals surface area contributed by atoms with Crippen LogP contribution in [0.1, 0.15) is 13.8 Å². The molecule has 0 saturated carbocycles. The smallest absolute Gasteiger partial charge is 0.0139 e. The van der Waals surface area contributed by atoms with Crippen molar-refractivity contribution < 1.29 is 0 Å². The van der Waals surface area contributed by atoms with Gasteiger partial charge in [-0.3, -0.25) is 0 Å². The molecule has 0 heterocycles. The lowest BCUT2D eigenvalue weighted by atomic mass is 10.3. The van der Waals surface area contributed by atoms with Crippen LogP contribution >= 0.6 is 0 Å². The van der Waals surface area contributed by atoms with Crippen LogP contribution in [0.3, 0.4) is 0 Å². The van der Waals surface area contributed by atoms with Gasteiger partial charge >= 0.3 is 0 Å². The summed E-state index contributed by atoms with van der Waals surface area (Å²) in [5.74, 6) is 0. The van der Waals surface area contributed by atoms with Gasteiger partial charge in [-0.15, -0.1) is 0 Å². The van der Waals surface area contributed by atoms with Crippen LogP contribution in [0.2, 0.25) is 0 Å². The van der Waals surface area contributed by atoms with E-state index in [0.717, 1.165) is 13.1 Å². The van der Waals surface area contributed by atoms with E-state index in [4.69, 9.17) is 5.73 Å². The Labute approximate surface area is 51.7 Å². The standard InChI is InChI=1S/C6H16N2/c1-4-8(3)5-6(2)7/h6H,4-5,7H2,1-3H3/t6-/m0/s1. The van der Waals surface area contributed by atoms with E-state index in [9.17, 15) is 0 Å². The Morgan fingerprint density at radius 2 is 2.12 bits per heavy atom. The predicted octanol–water partition coefficient (Wildman–Crippen LogP) is 0.285. The van der Waals surface area contributed by atoms with E-state index in [0.29, 0.717) is 6.04 Å². The van der Waals surface area contributed by atoms with Crippen molar-refractivity contribution in [3.8, 4) is 0 Å². The zero-order chi connectivity index (χ0) is 6.57. The quantitative estimate of drug-likeness (QED) is 0.574. The first-order valence-electron chi connectivity index (χ1n) is 3.11. The average Bonchev–Trinajstić information content (AvgIpc) is 1.65. The van der Waals surface area contributed by atoms with Crippen LogP contribution in [0.25, 0.3) is 0 Å². The fourth-order valence-corrected chi connectivity index (χ4v) is 0.621. The summed E-state index contributed by atoms with van der Waals surface area (Å²) in [6.45, 7) is 6.23. The Bertz CT molecular complexity index is 52.5. The predicted molar refractivity (Wildman–Crippen MR) is 36.8 cm³/mol. The van der Waals surface area contributed by atoms with Crippen molar-refractivity contribution in [3.05, 3.63) is 0 Å². The van der Waals surface area contributed by atoms with Crippen molar-refractivity contribution in [1.29, 1.82) is 0 Å². The van der Waals surface area contributed by atoms with Crippen molar-refractivity contribution in [2.45, 2.75) is 19.9 Å². The van der Waals surface area contributed by atoms with Gasteiger partial charge in [0.15, 0.2) is 0 Å². The minimum Gasteiger partial charge on any atom is -0.327 e. The second-order valence-corrected chi connectivity index (χ2v) is 2.33. The minimum absolute atomic E-state index is 0.306. The fraction of sp³-hybridized carbons (Fsp3) is 1.00. The average molecular weight is 116 g/mol. The number of hydrogen-bond acceptors (Lipinski definition) is 2. The molecule has 2 heteroatoms. The van der Waals surface area contributed by atoms with E-state index in [2.05, 4.69) is 18.9 Å².